The van der Waals surface area contributed by atoms with Crippen molar-refractivity contribution >= 4 is 11.8 Å². The number of nitrogens with one attached hydrogen (secondary N) is 2. The summed E-state index contributed by atoms with van der Waals surface area (Å²) in [4.78, 5) is 24.7. The number of carbonyl (C=O) groups is 2. The van der Waals surface area contributed by atoms with Crippen LogP contribution in [0.1, 0.15) is 20.8 Å². The zero-order valence-electron chi connectivity index (χ0n) is 33.2. The van der Waals surface area contributed by atoms with Crippen LogP contribution < -0.4 is 10.6 Å². The Balaban J connectivity index is 1.66. The number of carbonyl (C=O) groups excluding carboxylic acids is 2. The maximum atomic E-state index is 12.7. The molecule has 4 saturated heterocycles. The molecule has 27 heteroatoms. The molecule has 4 fully saturated rings. The minimum Gasteiger partial charge on any atom is -0.394 e. The number of rotatable bonds is 18. The third kappa shape index (κ3) is 12.0. The van der Waals surface area contributed by atoms with E-state index in [1.54, 1.807) is 0 Å². The zero-order chi connectivity index (χ0) is 45.6. The molecular weight excluding hydrogens is 836 g/mol. The molecule has 0 bridgehead atoms. The van der Waals surface area contributed by atoms with Crippen LogP contribution in [0.4, 0.5) is 0 Å². The highest BCUT2D eigenvalue weighted by atomic mass is 16.8. The number of aliphatic hydroxyl groups is 15. The molecule has 0 radical (unpaired) electrons. The molecule has 27 nitrogen and oxygen atoms in total. The van der Waals surface area contributed by atoms with Crippen molar-refractivity contribution in [3.63, 3.8) is 0 Å². The first-order valence-electron chi connectivity index (χ1n) is 19.4. The molecular formula is C34H60N2O25. The van der Waals surface area contributed by atoms with Crippen molar-refractivity contribution < 1.29 is 124 Å². The summed E-state index contributed by atoms with van der Waals surface area (Å²) in [5, 5.41) is 162. The van der Waals surface area contributed by atoms with Gasteiger partial charge in [-0.05, 0) is 6.92 Å². The number of ether oxygens (including phenoxy) is 8. The van der Waals surface area contributed by atoms with Crippen LogP contribution in [0, 0.1) is 0 Å². The van der Waals surface area contributed by atoms with Crippen LogP contribution in [0.25, 0.3) is 0 Å². The Morgan fingerprint density at radius 2 is 1.07 bits per heavy atom. The second-order valence-electron chi connectivity index (χ2n) is 15.2. The largest absolute Gasteiger partial charge is 0.394 e. The lowest BCUT2D eigenvalue weighted by Gasteiger charge is -2.50. The molecule has 0 aromatic carbocycles. The van der Waals surface area contributed by atoms with Gasteiger partial charge >= 0.3 is 0 Å². The van der Waals surface area contributed by atoms with Crippen molar-refractivity contribution in [2.75, 3.05) is 33.0 Å². The summed E-state index contributed by atoms with van der Waals surface area (Å²) < 4.78 is 45.7. The molecule has 24 atom stereocenters. The van der Waals surface area contributed by atoms with Crippen molar-refractivity contribution in [1.82, 2.24) is 10.6 Å². The van der Waals surface area contributed by atoms with E-state index in [1.165, 1.54) is 6.92 Å². The van der Waals surface area contributed by atoms with Gasteiger partial charge in [0.25, 0.3) is 0 Å². The first kappa shape index (κ1) is 51.7. The van der Waals surface area contributed by atoms with E-state index in [0.29, 0.717) is 0 Å². The van der Waals surface area contributed by atoms with Gasteiger partial charge in [-0.25, -0.2) is 0 Å². The third-order valence-electron chi connectivity index (χ3n) is 10.7. The average Bonchev–Trinajstić information content (AvgIpc) is 3.22. The van der Waals surface area contributed by atoms with Gasteiger partial charge in [0.05, 0.1) is 45.2 Å². The van der Waals surface area contributed by atoms with Gasteiger partial charge in [0.1, 0.15) is 110 Å². The number of amides is 2. The van der Waals surface area contributed by atoms with Gasteiger partial charge in [0, 0.05) is 13.8 Å². The van der Waals surface area contributed by atoms with E-state index in [9.17, 15) is 86.2 Å². The van der Waals surface area contributed by atoms with E-state index in [4.69, 9.17) is 37.9 Å². The third-order valence-corrected chi connectivity index (χ3v) is 10.7. The number of hydrogen-bond donors (Lipinski definition) is 17. The molecule has 0 aromatic heterocycles. The summed E-state index contributed by atoms with van der Waals surface area (Å²) in [7, 11) is 0. The van der Waals surface area contributed by atoms with Crippen LogP contribution in [-0.2, 0) is 47.5 Å². The highest BCUT2D eigenvalue weighted by Crippen LogP contribution is 2.34. The molecule has 356 valence electrons. The van der Waals surface area contributed by atoms with E-state index >= 15 is 0 Å². The molecule has 0 unspecified atom stereocenters. The van der Waals surface area contributed by atoms with Crippen molar-refractivity contribution in [2.24, 2.45) is 0 Å². The minimum absolute atomic E-state index is 0.767. The van der Waals surface area contributed by atoms with Crippen LogP contribution in [0.3, 0.4) is 0 Å². The van der Waals surface area contributed by atoms with Gasteiger partial charge in [-0.1, -0.05) is 0 Å². The average molecular weight is 897 g/mol. The Morgan fingerprint density at radius 3 is 1.57 bits per heavy atom. The SMILES string of the molecule is CC(=O)N[C@H]1[C@H](OC[C@@H](O)[C@H](O)[C@H](O[C@@H]2O[C@H](CO)[C@H](O)[C@H](O)[C@H]2O)[C@H](CO)NC(C)=O)O[C@H](CO)[C@@H](O[C@H]2O[C@H](C)[C@H](O)[C@H](O)[C@H]2O)[C@@H]1O[C@@H]1O[C@H](CO)[C@@H](O)[C@H](O)[C@H]1O. The van der Waals surface area contributed by atoms with Crippen LogP contribution in [0.2, 0.25) is 0 Å². The number of hydrogen-bond acceptors (Lipinski definition) is 25. The minimum atomic E-state index is -2.21. The molecule has 2 amide bonds. The molecule has 4 aliphatic heterocycles. The molecule has 0 saturated carbocycles. The molecule has 0 spiro atoms. The van der Waals surface area contributed by atoms with E-state index in [-0.39, 0.29) is 0 Å². The topological polar surface area (TPSA) is 435 Å². The van der Waals surface area contributed by atoms with Crippen LogP contribution >= 0.6 is 0 Å². The van der Waals surface area contributed by atoms with Crippen LogP contribution in [0.15, 0.2) is 0 Å². The summed E-state index contributed by atoms with van der Waals surface area (Å²) in [6.45, 7) is -1.32. The zero-order valence-corrected chi connectivity index (χ0v) is 33.2. The Kier molecular flexibility index (Phi) is 19.3. The maximum Gasteiger partial charge on any atom is 0.217 e. The lowest BCUT2D eigenvalue weighted by molar-refractivity contribution is -0.374. The fourth-order valence-electron chi connectivity index (χ4n) is 7.27. The summed E-state index contributed by atoms with van der Waals surface area (Å²) in [6.07, 6.45) is -40.1. The van der Waals surface area contributed by atoms with Crippen molar-refractivity contribution in [2.45, 2.75) is 168 Å². The van der Waals surface area contributed by atoms with Gasteiger partial charge in [-0.15, -0.1) is 0 Å². The summed E-state index contributed by atoms with van der Waals surface area (Å²) in [5.41, 5.74) is 0. The molecule has 0 aromatic rings. The second-order valence-corrected chi connectivity index (χ2v) is 15.2. The fourth-order valence-corrected chi connectivity index (χ4v) is 7.27. The maximum absolute atomic E-state index is 12.7. The summed E-state index contributed by atoms with van der Waals surface area (Å²) >= 11 is 0. The van der Waals surface area contributed by atoms with Crippen LogP contribution in [0.5, 0.6) is 0 Å². The smallest absolute Gasteiger partial charge is 0.217 e. The first-order chi connectivity index (χ1) is 28.7. The number of aliphatic hydroxyl groups excluding tert-OH is 15. The normalized spacial score (nSPS) is 44.1. The predicted octanol–water partition coefficient (Wildman–Crippen LogP) is -11.0. The predicted molar refractivity (Wildman–Crippen MR) is 191 cm³/mol. The lowest BCUT2D eigenvalue weighted by atomic mass is 9.94. The van der Waals surface area contributed by atoms with Crippen LogP contribution in [-0.4, -0.2) is 269 Å². The standard InChI is InChI=1S/C34H60N2O25/c1-9-18(44)22(48)25(51)32(55-9)60-29-16(7-40)58-31(17(36-11(3)42)30(29)61-34-27(53)24(50)21(47)15(6-39)57-34)54-8-13(43)19(45)28(12(4-37)35-10(2)41)59-33-26(52)23(49)20(46)14(5-38)56-33/h9,12-34,37-40,43-53H,4-8H2,1-3H3,(H,35,41)(H,36,42)/t9-,12+,13-,14-,15-,16-,17-,18+,19+,20+,21-,22+,23+,24+,25-,26-,27-,28-,29-,30-,31-,32-,33+,34+/m1/s1. The van der Waals surface area contributed by atoms with Gasteiger partial charge in [-0.2, -0.15) is 0 Å². The molecule has 4 aliphatic rings. The second kappa shape index (κ2) is 22.8. The highest BCUT2D eigenvalue weighted by molar-refractivity contribution is 5.73. The highest BCUT2D eigenvalue weighted by Gasteiger charge is 2.55. The Hall–Kier alpha value is -1.98. The Labute approximate surface area is 347 Å². The van der Waals surface area contributed by atoms with E-state index in [2.05, 4.69) is 10.6 Å². The van der Waals surface area contributed by atoms with Gasteiger partial charge < -0.3 is 125 Å². The summed E-state index contributed by atoms with van der Waals surface area (Å²) in [6, 6.07) is -3.25. The lowest BCUT2D eigenvalue weighted by Crippen LogP contribution is -2.70. The van der Waals surface area contributed by atoms with Gasteiger partial charge in [-0.3, -0.25) is 9.59 Å². The van der Waals surface area contributed by atoms with Crippen molar-refractivity contribution in [1.29, 1.82) is 0 Å². The molecule has 61 heavy (non-hydrogen) atoms. The monoisotopic (exact) mass is 896 g/mol. The summed E-state index contributed by atoms with van der Waals surface area (Å²) in [5.74, 6) is -1.58. The molecule has 0 aliphatic carbocycles. The quantitative estimate of drug-likeness (QED) is 0.0607. The van der Waals surface area contributed by atoms with Gasteiger partial charge in [0.15, 0.2) is 25.2 Å². The first-order valence-corrected chi connectivity index (χ1v) is 19.4. The Morgan fingerprint density at radius 1 is 0.590 bits per heavy atom. The van der Waals surface area contributed by atoms with Crippen molar-refractivity contribution in [3.8, 4) is 0 Å². The van der Waals surface area contributed by atoms with E-state index in [1.807, 2.05) is 0 Å². The molecule has 4 heterocycles. The van der Waals surface area contributed by atoms with E-state index < -0.39 is 192 Å². The molecule has 17 N–H and O–H groups in total. The Bertz CT molecular complexity index is 1370. The van der Waals surface area contributed by atoms with Gasteiger partial charge in [0.2, 0.25) is 11.8 Å². The fraction of sp³-hybridized carbons (Fsp3) is 0.941. The van der Waals surface area contributed by atoms with Crippen molar-refractivity contribution in [3.05, 3.63) is 0 Å². The molecule has 4 rings (SSSR count). The van der Waals surface area contributed by atoms with E-state index in [0.717, 1.165) is 13.8 Å².